The number of hydrogen-bond acceptors (Lipinski definition) is 4. The first kappa shape index (κ1) is 9.38. The van der Waals surface area contributed by atoms with Crippen molar-refractivity contribution in [2.75, 3.05) is 0 Å². The number of nitro groups is 1. The van der Waals surface area contributed by atoms with Crippen LogP contribution in [0.2, 0.25) is 5.02 Å². The molecular weight excluding hydrogens is 196 g/mol. The summed E-state index contributed by atoms with van der Waals surface area (Å²) in [5, 5.41) is 10.5. The molecule has 0 amide bonds. The van der Waals surface area contributed by atoms with Crippen LogP contribution in [0.25, 0.3) is 0 Å². The second-order valence-corrected chi connectivity index (χ2v) is 2.50. The summed E-state index contributed by atoms with van der Waals surface area (Å²) in [5.41, 5.74) is -0.121. The Bertz CT molecular complexity index is 399. The van der Waals surface area contributed by atoms with Crippen molar-refractivity contribution >= 4 is 29.1 Å². The lowest BCUT2D eigenvalue weighted by Gasteiger charge is -1.94. The van der Waals surface area contributed by atoms with Gasteiger partial charge in [0, 0.05) is 12.1 Å². The third kappa shape index (κ3) is 2.11. The summed E-state index contributed by atoms with van der Waals surface area (Å²) in [6.07, 6.45) is 1.26. The SMILES string of the molecule is O=C=Nc1cc([N+](=O)[O-])ccc1Cl. The number of hydrogen-bond donors (Lipinski definition) is 0. The third-order valence-electron chi connectivity index (χ3n) is 1.31. The Balaban J connectivity index is 3.26. The number of isocyanates is 1. The molecule has 0 spiro atoms. The number of rotatable bonds is 2. The number of nitro benzene ring substituents is 1. The van der Waals surface area contributed by atoms with E-state index in [2.05, 4.69) is 4.99 Å². The topological polar surface area (TPSA) is 72.6 Å². The smallest absolute Gasteiger partial charge is 0.258 e. The fraction of sp³-hybridized carbons (Fsp3) is 0. The molecule has 0 aliphatic heterocycles. The van der Waals surface area contributed by atoms with E-state index >= 15 is 0 Å². The number of halogens is 1. The van der Waals surface area contributed by atoms with Crippen molar-refractivity contribution in [3.8, 4) is 0 Å². The van der Waals surface area contributed by atoms with Crippen LogP contribution in [0, 0.1) is 10.1 Å². The van der Waals surface area contributed by atoms with Crippen molar-refractivity contribution in [1.82, 2.24) is 0 Å². The highest BCUT2D eigenvalue weighted by atomic mass is 35.5. The molecule has 0 aliphatic carbocycles. The van der Waals surface area contributed by atoms with Gasteiger partial charge in [-0.15, -0.1) is 0 Å². The van der Waals surface area contributed by atoms with E-state index in [1.165, 1.54) is 18.2 Å². The van der Waals surface area contributed by atoms with Crippen molar-refractivity contribution in [1.29, 1.82) is 0 Å². The van der Waals surface area contributed by atoms with Crippen LogP contribution >= 0.6 is 11.6 Å². The molecule has 0 atom stereocenters. The van der Waals surface area contributed by atoms with Gasteiger partial charge >= 0.3 is 0 Å². The molecule has 0 unspecified atom stereocenters. The van der Waals surface area contributed by atoms with Crippen molar-refractivity contribution in [3.05, 3.63) is 33.3 Å². The van der Waals surface area contributed by atoms with Gasteiger partial charge in [0.2, 0.25) is 6.08 Å². The van der Waals surface area contributed by atoms with Crippen LogP contribution < -0.4 is 0 Å². The zero-order chi connectivity index (χ0) is 9.84. The summed E-state index contributed by atoms with van der Waals surface area (Å²) in [5.74, 6) is 0. The number of non-ortho nitro benzene ring substituents is 1. The predicted molar refractivity (Wildman–Crippen MR) is 45.9 cm³/mol. The van der Waals surface area contributed by atoms with E-state index < -0.39 is 4.92 Å². The van der Waals surface area contributed by atoms with Gasteiger partial charge < -0.3 is 0 Å². The highest BCUT2D eigenvalue weighted by molar-refractivity contribution is 6.33. The lowest BCUT2D eigenvalue weighted by atomic mass is 10.3. The Morgan fingerprint density at radius 1 is 1.54 bits per heavy atom. The molecule has 0 aromatic heterocycles. The number of aliphatic imine (C=N–C) groups is 1. The average molecular weight is 199 g/mol. The lowest BCUT2D eigenvalue weighted by Crippen LogP contribution is -1.86. The van der Waals surface area contributed by atoms with Crippen LogP contribution in [0.4, 0.5) is 11.4 Å². The number of nitrogens with zero attached hydrogens (tertiary/aromatic N) is 2. The molecule has 5 nitrogen and oxygen atoms in total. The van der Waals surface area contributed by atoms with E-state index in [1.807, 2.05) is 0 Å². The number of benzene rings is 1. The largest absolute Gasteiger partial charge is 0.271 e. The average Bonchev–Trinajstić information content (AvgIpc) is 2.08. The van der Waals surface area contributed by atoms with Gasteiger partial charge in [0.1, 0.15) is 5.69 Å². The summed E-state index contributed by atoms with van der Waals surface area (Å²) in [6, 6.07) is 3.63. The molecule has 0 fully saturated rings. The molecule has 0 saturated heterocycles. The molecular formula is C7H3ClN2O3. The predicted octanol–water partition coefficient (Wildman–Crippen LogP) is 2.22. The maximum absolute atomic E-state index is 10.3. The molecule has 66 valence electrons. The van der Waals surface area contributed by atoms with Gasteiger partial charge in [-0.1, -0.05) is 11.6 Å². The Morgan fingerprint density at radius 3 is 2.77 bits per heavy atom. The zero-order valence-corrected chi connectivity index (χ0v) is 6.99. The summed E-state index contributed by atoms with van der Waals surface area (Å²) < 4.78 is 0. The van der Waals surface area contributed by atoms with Gasteiger partial charge in [0.15, 0.2) is 0 Å². The third-order valence-corrected chi connectivity index (χ3v) is 1.63. The van der Waals surface area contributed by atoms with Gasteiger partial charge in [0.05, 0.1) is 9.95 Å². The van der Waals surface area contributed by atoms with E-state index in [4.69, 9.17) is 11.6 Å². The molecule has 0 aliphatic rings. The monoisotopic (exact) mass is 198 g/mol. The van der Waals surface area contributed by atoms with Gasteiger partial charge in [-0.05, 0) is 6.07 Å². The highest BCUT2D eigenvalue weighted by Crippen LogP contribution is 2.28. The Morgan fingerprint density at radius 2 is 2.23 bits per heavy atom. The van der Waals surface area contributed by atoms with Crippen molar-refractivity contribution in [2.45, 2.75) is 0 Å². The van der Waals surface area contributed by atoms with E-state index in [1.54, 1.807) is 0 Å². The van der Waals surface area contributed by atoms with Crippen LogP contribution in [0.1, 0.15) is 0 Å². The van der Waals surface area contributed by atoms with E-state index in [0.717, 1.165) is 6.07 Å². The molecule has 0 radical (unpaired) electrons. The van der Waals surface area contributed by atoms with Gasteiger partial charge in [0.25, 0.3) is 5.69 Å². The normalized spacial score (nSPS) is 9.00. The molecule has 1 aromatic carbocycles. The molecule has 1 rings (SSSR count). The van der Waals surface area contributed by atoms with Crippen LogP contribution in [0.15, 0.2) is 23.2 Å². The quantitative estimate of drug-likeness (QED) is 0.317. The van der Waals surface area contributed by atoms with Crippen molar-refractivity contribution in [2.24, 2.45) is 4.99 Å². The summed E-state index contributed by atoms with van der Waals surface area (Å²) >= 11 is 5.58. The molecule has 0 bridgehead atoms. The van der Waals surface area contributed by atoms with Crippen LogP contribution in [-0.4, -0.2) is 11.0 Å². The van der Waals surface area contributed by atoms with E-state index in [9.17, 15) is 14.9 Å². The zero-order valence-electron chi connectivity index (χ0n) is 6.23. The molecule has 0 heterocycles. The second-order valence-electron chi connectivity index (χ2n) is 2.10. The lowest BCUT2D eigenvalue weighted by molar-refractivity contribution is -0.384. The van der Waals surface area contributed by atoms with Gasteiger partial charge in [-0.3, -0.25) is 10.1 Å². The molecule has 1 aromatic rings. The Labute approximate surface area is 77.8 Å². The highest BCUT2D eigenvalue weighted by Gasteiger charge is 2.08. The molecule has 6 heteroatoms. The first-order chi connectivity index (χ1) is 6.15. The van der Waals surface area contributed by atoms with Gasteiger partial charge in [-0.2, -0.15) is 4.99 Å². The minimum absolute atomic E-state index is 0.0471. The van der Waals surface area contributed by atoms with Crippen molar-refractivity contribution in [3.63, 3.8) is 0 Å². The number of carbonyl (C=O) groups excluding carboxylic acids is 1. The molecule has 0 saturated carbocycles. The van der Waals surface area contributed by atoms with Crippen molar-refractivity contribution < 1.29 is 9.72 Å². The minimum atomic E-state index is -0.597. The summed E-state index contributed by atoms with van der Waals surface area (Å²) in [4.78, 5) is 22.8. The first-order valence-corrected chi connectivity index (χ1v) is 3.55. The standard InChI is InChI=1S/C7H3ClN2O3/c8-6-2-1-5(10(12)13)3-7(6)9-4-11/h1-3H. The van der Waals surface area contributed by atoms with Gasteiger partial charge in [-0.25, -0.2) is 4.79 Å². The molecule has 0 N–H and O–H groups in total. The summed E-state index contributed by atoms with van der Waals surface area (Å²) in [6.45, 7) is 0. The first-order valence-electron chi connectivity index (χ1n) is 3.17. The second kappa shape index (κ2) is 3.80. The fourth-order valence-electron chi connectivity index (χ4n) is 0.749. The van der Waals surface area contributed by atoms with Crippen LogP contribution in [0.3, 0.4) is 0 Å². The Kier molecular flexibility index (Phi) is 2.74. The summed E-state index contributed by atoms with van der Waals surface area (Å²) in [7, 11) is 0. The molecule has 13 heavy (non-hydrogen) atoms. The Hall–Kier alpha value is -1.71. The maximum atomic E-state index is 10.3. The van der Waals surface area contributed by atoms with E-state index in [-0.39, 0.29) is 16.4 Å². The minimum Gasteiger partial charge on any atom is -0.258 e. The van der Waals surface area contributed by atoms with E-state index in [0.29, 0.717) is 0 Å². The maximum Gasteiger partial charge on any atom is 0.271 e. The van der Waals surface area contributed by atoms with Crippen LogP contribution in [0.5, 0.6) is 0 Å². The van der Waals surface area contributed by atoms with Crippen LogP contribution in [-0.2, 0) is 4.79 Å². The fourth-order valence-corrected chi connectivity index (χ4v) is 0.909.